The molecule has 1 aliphatic rings. The molecule has 3 rings (SSSR count). The third-order valence-corrected chi connectivity index (χ3v) is 4.41. The number of aryl methyl sites for hydroxylation is 1. The maximum Gasteiger partial charge on any atom is 0.265 e. The number of aromatic nitrogens is 2. The molecular weight excluding hydrogens is 288 g/mol. The van der Waals surface area contributed by atoms with E-state index in [-0.39, 0.29) is 0 Å². The first-order valence-corrected chi connectivity index (χ1v) is 8.54. The third-order valence-electron chi connectivity index (χ3n) is 4.41. The van der Waals surface area contributed by atoms with Gasteiger partial charge in [-0.25, -0.2) is 0 Å². The van der Waals surface area contributed by atoms with E-state index in [9.17, 15) is 0 Å². The normalized spacial score (nSPS) is 18.4. The van der Waals surface area contributed by atoms with Crippen molar-refractivity contribution < 1.29 is 4.52 Å². The molecule has 0 radical (unpaired) electrons. The Hall–Kier alpha value is -1.88. The first-order valence-electron chi connectivity index (χ1n) is 8.54. The predicted octanol–water partition coefficient (Wildman–Crippen LogP) is 2.98. The van der Waals surface area contributed by atoms with Crippen molar-refractivity contribution in [2.75, 3.05) is 31.6 Å². The van der Waals surface area contributed by atoms with Crippen LogP contribution in [-0.4, -0.2) is 41.7 Å². The van der Waals surface area contributed by atoms with E-state index in [0.717, 1.165) is 44.3 Å². The zero-order valence-corrected chi connectivity index (χ0v) is 14.1. The molecule has 1 aromatic carbocycles. The van der Waals surface area contributed by atoms with Crippen molar-refractivity contribution >= 4 is 5.95 Å². The number of anilines is 1. The lowest BCUT2D eigenvalue weighted by Crippen LogP contribution is -2.28. The molecule has 1 atom stereocenters. The van der Waals surface area contributed by atoms with Gasteiger partial charge in [0.2, 0.25) is 5.89 Å². The van der Waals surface area contributed by atoms with E-state index in [4.69, 9.17) is 4.52 Å². The molecule has 5 nitrogen and oxygen atoms in total. The van der Waals surface area contributed by atoms with Gasteiger partial charge in [0.1, 0.15) is 0 Å². The van der Waals surface area contributed by atoms with Gasteiger partial charge in [-0.3, -0.25) is 4.90 Å². The molecule has 23 heavy (non-hydrogen) atoms. The van der Waals surface area contributed by atoms with Gasteiger partial charge in [-0.15, -0.1) is 0 Å². The van der Waals surface area contributed by atoms with Crippen molar-refractivity contribution in [2.45, 2.75) is 32.7 Å². The topological polar surface area (TPSA) is 45.4 Å². The summed E-state index contributed by atoms with van der Waals surface area (Å²) in [5.74, 6) is 2.12. The summed E-state index contributed by atoms with van der Waals surface area (Å²) < 4.78 is 5.28. The van der Waals surface area contributed by atoms with Crippen LogP contribution >= 0.6 is 0 Å². The molecular formula is C18H26N4O. The molecule has 0 saturated carbocycles. The fraction of sp³-hybridized carbons (Fsp3) is 0.556. The number of hydrogen-bond donors (Lipinski definition) is 0. The Kier molecular flexibility index (Phi) is 5.28. The van der Waals surface area contributed by atoms with Gasteiger partial charge in [0.25, 0.3) is 5.95 Å². The van der Waals surface area contributed by atoms with Crippen LogP contribution in [-0.2, 0) is 13.0 Å². The molecule has 0 N–H and O–H groups in total. The minimum atomic E-state index is 0.664. The molecule has 1 fully saturated rings. The van der Waals surface area contributed by atoms with Crippen LogP contribution in [0, 0.1) is 5.92 Å². The van der Waals surface area contributed by atoms with Crippen LogP contribution in [0.1, 0.15) is 31.2 Å². The molecule has 0 bridgehead atoms. The van der Waals surface area contributed by atoms with Gasteiger partial charge in [-0.1, -0.05) is 37.3 Å². The van der Waals surface area contributed by atoms with Crippen molar-refractivity contribution in [1.82, 2.24) is 15.0 Å². The second-order valence-electron chi connectivity index (χ2n) is 6.49. The quantitative estimate of drug-likeness (QED) is 0.786. The molecule has 1 unspecified atom stereocenters. The Balaban J connectivity index is 1.49. The van der Waals surface area contributed by atoms with Gasteiger partial charge in [0.05, 0.1) is 0 Å². The molecule has 1 saturated heterocycles. The van der Waals surface area contributed by atoms with E-state index in [1.807, 2.05) is 0 Å². The van der Waals surface area contributed by atoms with Gasteiger partial charge in [-0.05, 0) is 36.0 Å². The number of likely N-dealkylation sites (tertiary alicyclic amines) is 1. The van der Waals surface area contributed by atoms with Crippen LogP contribution in [0.5, 0.6) is 0 Å². The minimum absolute atomic E-state index is 0.664. The monoisotopic (exact) mass is 314 g/mol. The summed E-state index contributed by atoms with van der Waals surface area (Å²) in [4.78, 5) is 9.12. The zero-order chi connectivity index (χ0) is 16.1. The molecule has 0 spiro atoms. The SMILES string of the molecule is CCCc1nc(N(C)CC2CCN(Cc3ccccc3)C2)no1. The average Bonchev–Trinajstić information content (AvgIpc) is 3.18. The molecule has 124 valence electrons. The molecule has 1 aliphatic heterocycles. The van der Waals surface area contributed by atoms with E-state index < -0.39 is 0 Å². The number of rotatable bonds is 7. The largest absolute Gasteiger partial charge is 0.341 e. The Morgan fingerprint density at radius 3 is 2.91 bits per heavy atom. The standard InChI is InChI=1S/C18H26N4O/c1-3-7-17-19-18(20-23-17)21(2)12-16-10-11-22(14-16)13-15-8-5-4-6-9-15/h4-6,8-9,16H,3,7,10-14H2,1-2H3. The van der Waals surface area contributed by atoms with Crippen LogP contribution in [0.25, 0.3) is 0 Å². The highest BCUT2D eigenvalue weighted by Gasteiger charge is 2.24. The maximum atomic E-state index is 5.28. The van der Waals surface area contributed by atoms with Crippen LogP contribution in [0.3, 0.4) is 0 Å². The van der Waals surface area contributed by atoms with Crippen molar-refractivity contribution in [3.05, 3.63) is 41.8 Å². The zero-order valence-electron chi connectivity index (χ0n) is 14.1. The lowest BCUT2D eigenvalue weighted by Gasteiger charge is -2.20. The summed E-state index contributed by atoms with van der Waals surface area (Å²) in [6.07, 6.45) is 3.12. The highest BCUT2D eigenvalue weighted by molar-refractivity contribution is 5.26. The van der Waals surface area contributed by atoms with Crippen LogP contribution in [0.4, 0.5) is 5.95 Å². The Morgan fingerprint density at radius 2 is 2.13 bits per heavy atom. The first kappa shape index (κ1) is 16.0. The van der Waals surface area contributed by atoms with E-state index >= 15 is 0 Å². The lowest BCUT2D eigenvalue weighted by atomic mass is 10.1. The highest BCUT2D eigenvalue weighted by atomic mass is 16.5. The fourth-order valence-corrected chi connectivity index (χ4v) is 3.23. The second kappa shape index (κ2) is 7.59. The third kappa shape index (κ3) is 4.32. The molecule has 1 aromatic heterocycles. The summed E-state index contributed by atoms with van der Waals surface area (Å²) in [6, 6.07) is 10.7. The van der Waals surface area contributed by atoms with Crippen molar-refractivity contribution in [1.29, 1.82) is 0 Å². The van der Waals surface area contributed by atoms with Crippen molar-refractivity contribution in [3.8, 4) is 0 Å². The minimum Gasteiger partial charge on any atom is -0.341 e. The highest BCUT2D eigenvalue weighted by Crippen LogP contribution is 2.21. The Bertz CT molecular complexity index is 598. The van der Waals surface area contributed by atoms with Crippen LogP contribution < -0.4 is 4.90 Å². The molecule has 0 aliphatic carbocycles. The Labute approximate surface area is 138 Å². The van der Waals surface area contributed by atoms with E-state index in [0.29, 0.717) is 5.92 Å². The molecule has 5 heteroatoms. The predicted molar refractivity (Wildman–Crippen MR) is 91.4 cm³/mol. The number of hydrogen-bond acceptors (Lipinski definition) is 5. The van der Waals surface area contributed by atoms with Crippen molar-refractivity contribution in [2.24, 2.45) is 5.92 Å². The molecule has 2 heterocycles. The summed E-state index contributed by atoms with van der Waals surface area (Å²) in [7, 11) is 2.06. The average molecular weight is 314 g/mol. The maximum absolute atomic E-state index is 5.28. The van der Waals surface area contributed by atoms with Gasteiger partial charge < -0.3 is 9.42 Å². The van der Waals surface area contributed by atoms with E-state index in [1.165, 1.54) is 18.5 Å². The van der Waals surface area contributed by atoms with Gasteiger partial charge in [0, 0.05) is 33.1 Å². The summed E-state index contributed by atoms with van der Waals surface area (Å²) >= 11 is 0. The lowest BCUT2D eigenvalue weighted by molar-refractivity contribution is 0.317. The first-order chi connectivity index (χ1) is 11.2. The summed E-state index contributed by atoms with van der Waals surface area (Å²) in [5.41, 5.74) is 1.39. The second-order valence-corrected chi connectivity index (χ2v) is 6.49. The summed E-state index contributed by atoms with van der Waals surface area (Å²) in [5, 5.41) is 4.09. The molecule has 2 aromatic rings. The Morgan fingerprint density at radius 1 is 1.30 bits per heavy atom. The van der Waals surface area contributed by atoms with Crippen molar-refractivity contribution in [3.63, 3.8) is 0 Å². The number of benzene rings is 1. The van der Waals surface area contributed by atoms with E-state index in [2.05, 4.69) is 64.2 Å². The van der Waals surface area contributed by atoms with Gasteiger partial charge in [0.15, 0.2) is 0 Å². The smallest absolute Gasteiger partial charge is 0.265 e. The van der Waals surface area contributed by atoms with Crippen LogP contribution in [0.15, 0.2) is 34.9 Å². The summed E-state index contributed by atoms with van der Waals surface area (Å²) in [6.45, 7) is 6.45. The van der Waals surface area contributed by atoms with E-state index in [1.54, 1.807) is 0 Å². The number of nitrogens with zero attached hydrogens (tertiary/aromatic N) is 4. The molecule has 0 amide bonds. The van der Waals surface area contributed by atoms with Gasteiger partial charge in [-0.2, -0.15) is 4.98 Å². The fourth-order valence-electron chi connectivity index (χ4n) is 3.23. The van der Waals surface area contributed by atoms with Crippen LogP contribution in [0.2, 0.25) is 0 Å². The van der Waals surface area contributed by atoms with Gasteiger partial charge >= 0.3 is 0 Å².